The third-order valence-corrected chi connectivity index (χ3v) is 5.62. The quantitative estimate of drug-likeness (QED) is 0.893. The van der Waals surface area contributed by atoms with Crippen molar-refractivity contribution in [3.63, 3.8) is 0 Å². The molecule has 1 aliphatic heterocycles. The van der Waals surface area contributed by atoms with E-state index >= 15 is 0 Å². The molecule has 0 saturated carbocycles. The number of aryl methyl sites for hydroxylation is 1. The first-order chi connectivity index (χ1) is 11.5. The number of hydrogen-bond donors (Lipinski definition) is 2. The number of nitrogens with zero attached hydrogens (tertiary/aromatic N) is 2. The largest absolute Gasteiger partial charge is 0.324 e. The summed E-state index contributed by atoms with van der Waals surface area (Å²) in [5, 5.41) is 5.37. The maximum atomic E-state index is 12.0. The molecule has 2 amide bonds. The van der Waals surface area contributed by atoms with Crippen molar-refractivity contribution in [2.45, 2.75) is 13.3 Å². The highest BCUT2D eigenvalue weighted by Crippen LogP contribution is 2.25. The summed E-state index contributed by atoms with van der Waals surface area (Å²) in [5.41, 5.74) is 2.04. The monoisotopic (exact) mass is 346 g/mol. The van der Waals surface area contributed by atoms with Gasteiger partial charge in [0.05, 0.1) is 11.4 Å². The maximum absolute atomic E-state index is 12.0. The first kappa shape index (κ1) is 16.3. The molecule has 2 N–H and O–H groups in total. The van der Waals surface area contributed by atoms with Gasteiger partial charge in [-0.25, -0.2) is 18.2 Å². The number of sulfonamides is 1. The van der Waals surface area contributed by atoms with Gasteiger partial charge in [-0.3, -0.25) is 9.62 Å². The van der Waals surface area contributed by atoms with E-state index in [1.54, 1.807) is 36.5 Å². The normalized spacial score (nSPS) is 16.0. The average Bonchev–Trinajstić information content (AvgIpc) is 2.90. The van der Waals surface area contributed by atoms with Gasteiger partial charge >= 0.3 is 6.03 Å². The van der Waals surface area contributed by atoms with Gasteiger partial charge in [0, 0.05) is 18.4 Å². The fraction of sp³-hybridized carbons (Fsp3) is 0.250. The zero-order valence-corrected chi connectivity index (χ0v) is 14.0. The van der Waals surface area contributed by atoms with Crippen molar-refractivity contribution in [3.8, 4) is 0 Å². The number of aromatic nitrogens is 1. The van der Waals surface area contributed by atoms with E-state index in [-0.39, 0.29) is 5.75 Å². The van der Waals surface area contributed by atoms with Crippen LogP contribution in [0.3, 0.4) is 0 Å². The highest BCUT2D eigenvalue weighted by atomic mass is 32.2. The minimum Gasteiger partial charge on any atom is -0.308 e. The Morgan fingerprint density at radius 2 is 1.92 bits per heavy atom. The van der Waals surface area contributed by atoms with Crippen molar-refractivity contribution in [1.82, 2.24) is 4.98 Å². The van der Waals surface area contributed by atoms with Gasteiger partial charge in [0.1, 0.15) is 5.82 Å². The van der Waals surface area contributed by atoms with Crippen LogP contribution in [0, 0.1) is 6.92 Å². The number of pyridine rings is 1. The lowest BCUT2D eigenvalue weighted by molar-refractivity contribution is 0.262. The standard InChI is InChI=1S/C16H18N4O3S/c1-12-4-2-9-17-15(12)19-16(21)18-13-5-7-14(8-6-13)20-10-3-11-24(20,22)23/h2,4-9H,3,10-11H2,1H3,(H2,17,18,19,21). The fourth-order valence-electron chi connectivity index (χ4n) is 2.53. The van der Waals surface area contributed by atoms with Crippen LogP contribution in [-0.2, 0) is 10.0 Å². The molecule has 2 aromatic rings. The van der Waals surface area contributed by atoms with Gasteiger partial charge in [0.25, 0.3) is 0 Å². The summed E-state index contributed by atoms with van der Waals surface area (Å²) < 4.78 is 25.2. The number of rotatable bonds is 3. The zero-order valence-electron chi connectivity index (χ0n) is 13.2. The molecule has 1 fully saturated rings. The molecule has 8 heteroatoms. The van der Waals surface area contributed by atoms with Gasteiger partial charge in [-0.15, -0.1) is 0 Å². The summed E-state index contributed by atoms with van der Waals surface area (Å²) >= 11 is 0. The predicted octanol–water partition coefficient (Wildman–Crippen LogP) is 2.57. The molecule has 3 rings (SSSR count). The third-order valence-electron chi connectivity index (χ3n) is 3.75. The molecule has 0 atom stereocenters. The second-order valence-electron chi connectivity index (χ2n) is 5.54. The van der Waals surface area contributed by atoms with E-state index in [9.17, 15) is 13.2 Å². The second kappa shape index (κ2) is 6.48. The molecule has 0 spiro atoms. The Morgan fingerprint density at radius 1 is 1.17 bits per heavy atom. The average molecular weight is 346 g/mol. The lowest BCUT2D eigenvalue weighted by Gasteiger charge is -2.17. The number of amides is 2. The van der Waals surface area contributed by atoms with Crippen LogP contribution in [-0.4, -0.2) is 31.7 Å². The summed E-state index contributed by atoms with van der Waals surface area (Å²) in [6.45, 7) is 2.35. The minimum atomic E-state index is -3.20. The Kier molecular flexibility index (Phi) is 4.39. The van der Waals surface area contributed by atoms with Crippen molar-refractivity contribution >= 4 is 33.2 Å². The van der Waals surface area contributed by atoms with Crippen LogP contribution in [0.4, 0.5) is 22.0 Å². The summed E-state index contributed by atoms with van der Waals surface area (Å²) in [6, 6.07) is 9.97. The Hall–Kier alpha value is -2.61. The molecule has 1 aliphatic rings. The second-order valence-corrected chi connectivity index (χ2v) is 7.55. The Morgan fingerprint density at radius 3 is 2.54 bits per heavy atom. The van der Waals surface area contributed by atoms with Crippen LogP contribution in [0.25, 0.3) is 0 Å². The summed E-state index contributed by atoms with van der Waals surface area (Å²) in [6.07, 6.45) is 2.24. The van der Waals surface area contributed by atoms with Crippen molar-refractivity contribution in [3.05, 3.63) is 48.2 Å². The van der Waals surface area contributed by atoms with Crippen LogP contribution in [0.2, 0.25) is 0 Å². The van der Waals surface area contributed by atoms with E-state index in [0.29, 0.717) is 30.2 Å². The molecular formula is C16H18N4O3S. The number of nitrogens with one attached hydrogen (secondary N) is 2. The van der Waals surface area contributed by atoms with Crippen LogP contribution in [0.5, 0.6) is 0 Å². The predicted molar refractivity (Wildman–Crippen MR) is 93.8 cm³/mol. The smallest absolute Gasteiger partial charge is 0.308 e. The number of carbonyl (C=O) groups excluding carboxylic acids is 1. The van der Waals surface area contributed by atoms with E-state index in [1.807, 2.05) is 13.0 Å². The molecule has 1 aromatic carbocycles. The lowest BCUT2D eigenvalue weighted by atomic mass is 10.2. The van der Waals surface area contributed by atoms with Crippen molar-refractivity contribution in [2.75, 3.05) is 27.2 Å². The van der Waals surface area contributed by atoms with E-state index in [1.165, 1.54) is 4.31 Å². The SMILES string of the molecule is Cc1cccnc1NC(=O)Nc1ccc(N2CCCS2(=O)=O)cc1. The number of hydrogen-bond acceptors (Lipinski definition) is 4. The first-order valence-corrected chi connectivity index (χ1v) is 9.17. The molecule has 0 aliphatic carbocycles. The van der Waals surface area contributed by atoms with E-state index in [0.717, 1.165) is 5.56 Å². The molecule has 126 valence electrons. The third kappa shape index (κ3) is 3.48. The van der Waals surface area contributed by atoms with Crippen molar-refractivity contribution in [2.24, 2.45) is 0 Å². The van der Waals surface area contributed by atoms with Gasteiger partial charge in [-0.05, 0) is 49.2 Å². The highest BCUT2D eigenvalue weighted by Gasteiger charge is 2.28. The lowest BCUT2D eigenvalue weighted by Crippen LogP contribution is -2.25. The van der Waals surface area contributed by atoms with Gasteiger partial charge in [-0.1, -0.05) is 6.07 Å². The molecule has 0 bridgehead atoms. The maximum Gasteiger partial charge on any atom is 0.324 e. The molecule has 2 heterocycles. The zero-order chi connectivity index (χ0) is 17.2. The van der Waals surface area contributed by atoms with Gasteiger partial charge in [0.15, 0.2) is 0 Å². The molecule has 1 aromatic heterocycles. The Balaban J connectivity index is 1.66. The van der Waals surface area contributed by atoms with Crippen LogP contribution in [0.15, 0.2) is 42.6 Å². The fourth-order valence-corrected chi connectivity index (χ4v) is 4.09. The van der Waals surface area contributed by atoms with Gasteiger partial charge < -0.3 is 5.32 Å². The molecule has 24 heavy (non-hydrogen) atoms. The van der Waals surface area contributed by atoms with E-state index in [2.05, 4.69) is 15.6 Å². The number of carbonyl (C=O) groups is 1. The van der Waals surface area contributed by atoms with E-state index in [4.69, 9.17) is 0 Å². The molecular weight excluding hydrogens is 328 g/mol. The molecule has 1 saturated heterocycles. The van der Waals surface area contributed by atoms with Crippen LogP contribution < -0.4 is 14.9 Å². The van der Waals surface area contributed by atoms with Crippen LogP contribution >= 0.6 is 0 Å². The minimum absolute atomic E-state index is 0.179. The number of anilines is 3. The molecule has 0 unspecified atom stereocenters. The Bertz CT molecular complexity index is 850. The summed E-state index contributed by atoms with van der Waals surface area (Å²) in [4.78, 5) is 16.1. The van der Waals surface area contributed by atoms with Gasteiger partial charge in [-0.2, -0.15) is 0 Å². The van der Waals surface area contributed by atoms with E-state index < -0.39 is 16.1 Å². The summed E-state index contributed by atoms with van der Waals surface area (Å²) in [5.74, 6) is 0.675. The molecule has 7 nitrogen and oxygen atoms in total. The molecule has 0 radical (unpaired) electrons. The Labute approximate surface area is 140 Å². The topological polar surface area (TPSA) is 91.4 Å². The van der Waals surface area contributed by atoms with Crippen LogP contribution in [0.1, 0.15) is 12.0 Å². The van der Waals surface area contributed by atoms with Gasteiger partial charge in [0.2, 0.25) is 10.0 Å². The number of urea groups is 1. The number of benzene rings is 1. The first-order valence-electron chi connectivity index (χ1n) is 7.56. The summed E-state index contributed by atoms with van der Waals surface area (Å²) in [7, 11) is -3.20. The van der Waals surface area contributed by atoms with Crippen molar-refractivity contribution < 1.29 is 13.2 Å². The highest BCUT2D eigenvalue weighted by molar-refractivity contribution is 7.93. The van der Waals surface area contributed by atoms with Crippen molar-refractivity contribution in [1.29, 1.82) is 0 Å².